The van der Waals surface area contributed by atoms with Crippen LogP contribution in [0.15, 0.2) is 60.0 Å². The Morgan fingerprint density at radius 3 is 2.61 bits per heavy atom. The molecule has 0 aliphatic heterocycles. The lowest BCUT2D eigenvalue weighted by Crippen LogP contribution is -2.37. The van der Waals surface area contributed by atoms with Crippen LogP contribution in [0, 0.1) is 6.92 Å². The van der Waals surface area contributed by atoms with E-state index in [-0.39, 0.29) is 12.5 Å². The third-order valence-corrected chi connectivity index (χ3v) is 5.29. The number of hydrogen-bond donors (Lipinski definition) is 3. The molecule has 0 aliphatic carbocycles. The van der Waals surface area contributed by atoms with Crippen LogP contribution >= 0.6 is 0 Å². The van der Waals surface area contributed by atoms with Gasteiger partial charge in [-0.05, 0) is 36.1 Å². The van der Waals surface area contributed by atoms with Gasteiger partial charge in [0.25, 0.3) is 0 Å². The molecule has 7 heteroatoms. The first-order chi connectivity index (χ1) is 13.4. The van der Waals surface area contributed by atoms with E-state index in [1.54, 1.807) is 0 Å². The Morgan fingerprint density at radius 2 is 1.86 bits per heavy atom. The summed E-state index contributed by atoms with van der Waals surface area (Å²) in [6.07, 6.45) is 2.13. The summed E-state index contributed by atoms with van der Waals surface area (Å²) in [5, 5.41) is 4.91. The van der Waals surface area contributed by atoms with Crippen molar-refractivity contribution in [2.75, 3.05) is 13.1 Å². The molecule has 0 fully saturated rings. The molecule has 6 nitrogen and oxygen atoms in total. The first kappa shape index (κ1) is 19.9. The van der Waals surface area contributed by atoms with Crippen molar-refractivity contribution in [1.82, 2.24) is 15.0 Å². The van der Waals surface area contributed by atoms with Gasteiger partial charge in [0.15, 0.2) is 0 Å². The van der Waals surface area contributed by atoms with Crippen LogP contribution in [0.1, 0.15) is 16.8 Å². The first-order valence-electron chi connectivity index (χ1n) is 8.99. The van der Waals surface area contributed by atoms with Crippen molar-refractivity contribution in [1.29, 1.82) is 0 Å². The summed E-state index contributed by atoms with van der Waals surface area (Å²) in [4.78, 5) is 15.2. The van der Waals surface area contributed by atoms with Gasteiger partial charge in [-0.15, -0.1) is 0 Å². The SMILES string of the molecule is Cc1ccc(/C=C/S(=O)(=O)NCC(=O)NCCc2cc3ccccc3[nH]2)cc1. The van der Waals surface area contributed by atoms with Gasteiger partial charge in [0.1, 0.15) is 0 Å². The fourth-order valence-electron chi connectivity index (χ4n) is 2.73. The van der Waals surface area contributed by atoms with E-state index in [2.05, 4.69) is 15.0 Å². The number of nitrogens with one attached hydrogen (secondary N) is 3. The Balaban J connectivity index is 1.43. The Labute approximate surface area is 164 Å². The van der Waals surface area contributed by atoms with E-state index in [0.29, 0.717) is 13.0 Å². The molecule has 146 valence electrons. The van der Waals surface area contributed by atoms with E-state index in [1.807, 2.05) is 61.5 Å². The molecule has 3 N–H and O–H groups in total. The van der Waals surface area contributed by atoms with Gasteiger partial charge in [-0.1, -0.05) is 48.0 Å². The number of para-hydroxylation sites is 1. The summed E-state index contributed by atoms with van der Waals surface area (Å²) in [6.45, 7) is 2.09. The van der Waals surface area contributed by atoms with Crippen LogP contribution in [0.4, 0.5) is 0 Å². The number of amides is 1. The lowest BCUT2D eigenvalue weighted by atomic mass is 10.2. The molecule has 3 rings (SSSR count). The molecular weight excluding hydrogens is 374 g/mol. The van der Waals surface area contributed by atoms with Crippen molar-refractivity contribution < 1.29 is 13.2 Å². The zero-order chi connectivity index (χ0) is 20.0. The Bertz CT molecular complexity index is 1050. The Hall–Kier alpha value is -2.90. The normalized spacial score (nSPS) is 11.9. The van der Waals surface area contributed by atoms with Gasteiger partial charge < -0.3 is 10.3 Å². The van der Waals surface area contributed by atoms with E-state index in [4.69, 9.17) is 0 Å². The first-order valence-corrected chi connectivity index (χ1v) is 10.5. The molecule has 1 amide bonds. The number of hydrogen-bond acceptors (Lipinski definition) is 3. The molecule has 3 aromatic rings. The summed E-state index contributed by atoms with van der Waals surface area (Å²) in [6, 6.07) is 17.5. The second-order valence-corrected chi connectivity index (χ2v) is 8.21. The summed E-state index contributed by atoms with van der Waals surface area (Å²) in [5.74, 6) is -0.372. The van der Waals surface area contributed by atoms with E-state index in [9.17, 15) is 13.2 Å². The molecule has 0 bridgehead atoms. The lowest BCUT2D eigenvalue weighted by molar-refractivity contribution is -0.119. The number of rotatable bonds is 8. The average Bonchev–Trinajstić information content (AvgIpc) is 3.09. The number of benzene rings is 2. The van der Waals surface area contributed by atoms with Crippen LogP contribution in [-0.2, 0) is 21.2 Å². The van der Waals surface area contributed by atoms with Crippen LogP contribution < -0.4 is 10.0 Å². The third-order valence-electron chi connectivity index (χ3n) is 4.25. The molecule has 0 atom stereocenters. The minimum absolute atomic E-state index is 0.298. The fraction of sp³-hybridized carbons (Fsp3) is 0.190. The molecule has 0 saturated carbocycles. The van der Waals surface area contributed by atoms with Crippen LogP contribution in [0.5, 0.6) is 0 Å². The van der Waals surface area contributed by atoms with Crippen molar-refractivity contribution in [2.24, 2.45) is 0 Å². The third kappa shape index (κ3) is 5.80. The molecule has 1 heterocycles. The number of aromatic nitrogens is 1. The monoisotopic (exact) mass is 397 g/mol. The quantitative estimate of drug-likeness (QED) is 0.546. The summed E-state index contributed by atoms with van der Waals surface area (Å²) < 4.78 is 26.3. The Morgan fingerprint density at radius 1 is 1.11 bits per heavy atom. The number of aromatic amines is 1. The highest BCUT2D eigenvalue weighted by Gasteiger charge is 2.09. The maximum Gasteiger partial charge on any atom is 0.235 e. The van der Waals surface area contributed by atoms with E-state index >= 15 is 0 Å². The smallest absolute Gasteiger partial charge is 0.235 e. The maximum atomic E-state index is 12.0. The number of aryl methyl sites for hydroxylation is 1. The van der Waals surface area contributed by atoms with Gasteiger partial charge in [-0.2, -0.15) is 0 Å². The van der Waals surface area contributed by atoms with E-state index in [1.165, 1.54) is 6.08 Å². The largest absolute Gasteiger partial charge is 0.358 e. The topological polar surface area (TPSA) is 91.1 Å². The second-order valence-electron chi connectivity index (χ2n) is 6.56. The number of carbonyl (C=O) groups excluding carboxylic acids is 1. The minimum Gasteiger partial charge on any atom is -0.358 e. The predicted octanol–water partition coefficient (Wildman–Crippen LogP) is 2.73. The molecule has 0 aliphatic rings. The molecule has 0 saturated heterocycles. The van der Waals surface area contributed by atoms with Gasteiger partial charge in [-0.3, -0.25) is 4.79 Å². The highest BCUT2D eigenvalue weighted by molar-refractivity contribution is 7.92. The van der Waals surface area contributed by atoms with E-state index < -0.39 is 10.0 Å². The van der Waals surface area contributed by atoms with Crippen molar-refractivity contribution >= 4 is 32.9 Å². The van der Waals surface area contributed by atoms with Gasteiger partial charge in [0.2, 0.25) is 15.9 Å². The van der Waals surface area contributed by atoms with Gasteiger partial charge in [0, 0.05) is 29.6 Å². The molecular formula is C21H23N3O3S. The zero-order valence-electron chi connectivity index (χ0n) is 15.6. The molecule has 28 heavy (non-hydrogen) atoms. The molecule has 1 aromatic heterocycles. The highest BCUT2D eigenvalue weighted by Crippen LogP contribution is 2.14. The van der Waals surface area contributed by atoms with Gasteiger partial charge in [0.05, 0.1) is 6.54 Å². The van der Waals surface area contributed by atoms with Crippen molar-refractivity contribution in [3.8, 4) is 0 Å². The minimum atomic E-state index is -3.68. The number of fused-ring (bicyclic) bond motifs is 1. The number of sulfonamides is 1. The lowest BCUT2D eigenvalue weighted by Gasteiger charge is -2.05. The average molecular weight is 398 g/mol. The predicted molar refractivity (Wildman–Crippen MR) is 112 cm³/mol. The van der Waals surface area contributed by atoms with Crippen LogP contribution in [0.3, 0.4) is 0 Å². The molecule has 0 unspecified atom stereocenters. The molecule has 0 spiro atoms. The summed E-state index contributed by atoms with van der Waals surface area (Å²) >= 11 is 0. The Kier molecular flexibility index (Phi) is 6.28. The molecule has 2 aromatic carbocycles. The number of H-pyrrole nitrogens is 1. The standard InChI is InChI=1S/C21H23N3O3S/c1-16-6-8-17(9-7-16)11-13-28(26,27)23-15-21(25)22-12-10-19-14-18-4-2-3-5-20(18)24-19/h2-9,11,13-14,23-24H,10,12,15H2,1H3,(H,22,25)/b13-11+. The van der Waals surface area contributed by atoms with Crippen LogP contribution in [-0.4, -0.2) is 32.4 Å². The fourth-order valence-corrected chi connectivity index (χ4v) is 3.49. The molecule has 0 radical (unpaired) electrons. The van der Waals surface area contributed by atoms with Crippen LogP contribution in [0.25, 0.3) is 17.0 Å². The highest BCUT2D eigenvalue weighted by atomic mass is 32.2. The number of carbonyl (C=O) groups is 1. The summed E-state index contributed by atoms with van der Waals surface area (Å²) in [5.41, 5.74) is 3.95. The maximum absolute atomic E-state index is 12.0. The summed E-state index contributed by atoms with van der Waals surface area (Å²) in [7, 11) is -3.68. The second kappa shape index (κ2) is 8.86. The van der Waals surface area contributed by atoms with Gasteiger partial charge >= 0.3 is 0 Å². The van der Waals surface area contributed by atoms with E-state index in [0.717, 1.165) is 33.1 Å². The van der Waals surface area contributed by atoms with Gasteiger partial charge in [-0.25, -0.2) is 13.1 Å². The van der Waals surface area contributed by atoms with Crippen molar-refractivity contribution in [3.63, 3.8) is 0 Å². The van der Waals surface area contributed by atoms with Crippen molar-refractivity contribution in [2.45, 2.75) is 13.3 Å². The zero-order valence-corrected chi connectivity index (χ0v) is 16.4. The van der Waals surface area contributed by atoms with Crippen molar-refractivity contribution in [3.05, 3.63) is 76.8 Å². The van der Waals surface area contributed by atoms with Crippen LogP contribution in [0.2, 0.25) is 0 Å².